The van der Waals surface area contributed by atoms with Crippen molar-refractivity contribution in [2.24, 2.45) is 0 Å². The number of hydrogen-bond donors (Lipinski definition) is 2. The molecule has 2 N–H and O–H groups in total. The van der Waals surface area contributed by atoms with Gasteiger partial charge in [0.2, 0.25) is 5.96 Å². The van der Waals surface area contributed by atoms with E-state index in [4.69, 9.17) is 5.41 Å². The highest BCUT2D eigenvalue weighted by atomic mass is 15.3. The molecule has 0 aromatic carbocycles. The van der Waals surface area contributed by atoms with Crippen molar-refractivity contribution in [3.8, 4) is 6.19 Å². The summed E-state index contributed by atoms with van der Waals surface area (Å²) in [7, 11) is 0. The molecule has 24 heavy (non-hydrogen) atoms. The highest BCUT2D eigenvalue weighted by Crippen LogP contribution is 2.10. The van der Waals surface area contributed by atoms with Crippen LogP contribution in [-0.4, -0.2) is 27.5 Å². The number of aromatic nitrogens is 3. The molecule has 0 spiro atoms. The Hall–Kier alpha value is -3.01. The molecule has 0 atom stereocenters. The molecule has 0 aliphatic heterocycles. The van der Waals surface area contributed by atoms with Gasteiger partial charge in [0.1, 0.15) is 6.33 Å². The topological polar surface area (TPSA) is 102 Å². The standard InChI is InChI=1S/C17H21N7/c18-13-24(16-6-9-20-10-7-16)17(19)23-8-4-2-1-3-5-15-11-21-14-22-12-15/h6-7,9-12,14H,1-5,8H2,(H2,19,23). The number of pyridine rings is 1. The van der Waals surface area contributed by atoms with Crippen LogP contribution < -0.4 is 10.2 Å². The lowest BCUT2D eigenvalue weighted by molar-refractivity contribution is 0.629. The molecule has 0 aliphatic rings. The molecular formula is C17H21N7. The summed E-state index contributed by atoms with van der Waals surface area (Å²) in [5, 5.41) is 20.2. The summed E-state index contributed by atoms with van der Waals surface area (Å²) in [5.74, 6) is 0.0881. The molecule has 0 saturated heterocycles. The van der Waals surface area contributed by atoms with Crippen LogP contribution in [0.4, 0.5) is 5.69 Å². The van der Waals surface area contributed by atoms with E-state index >= 15 is 0 Å². The van der Waals surface area contributed by atoms with Crippen molar-refractivity contribution < 1.29 is 0 Å². The first-order chi connectivity index (χ1) is 11.8. The third-order valence-corrected chi connectivity index (χ3v) is 3.54. The summed E-state index contributed by atoms with van der Waals surface area (Å²) < 4.78 is 0. The SMILES string of the molecule is N#CN(C(=N)NCCCCCCc1cncnc1)c1ccncc1. The molecule has 2 heterocycles. The summed E-state index contributed by atoms with van der Waals surface area (Å²) in [6.07, 6.45) is 15.7. The van der Waals surface area contributed by atoms with Gasteiger partial charge in [0.15, 0.2) is 6.19 Å². The van der Waals surface area contributed by atoms with Crippen LogP contribution in [0.1, 0.15) is 31.2 Å². The number of aryl methyl sites for hydroxylation is 1. The predicted molar refractivity (Wildman–Crippen MR) is 92.3 cm³/mol. The minimum atomic E-state index is 0.0881. The third kappa shape index (κ3) is 5.65. The molecule has 124 valence electrons. The zero-order valence-electron chi connectivity index (χ0n) is 13.5. The van der Waals surface area contributed by atoms with E-state index < -0.39 is 0 Å². The molecule has 2 rings (SSSR count). The maximum Gasteiger partial charge on any atom is 0.209 e. The second-order valence-corrected chi connectivity index (χ2v) is 5.33. The predicted octanol–water partition coefficient (Wildman–Crippen LogP) is 2.49. The first-order valence-corrected chi connectivity index (χ1v) is 7.97. The number of guanidine groups is 1. The Kier molecular flexibility index (Phi) is 7.15. The normalized spacial score (nSPS) is 9.96. The van der Waals surface area contributed by atoms with Crippen molar-refractivity contribution in [3.63, 3.8) is 0 Å². The number of rotatable bonds is 8. The highest BCUT2D eigenvalue weighted by Gasteiger charge is 2.10. The number of hydrogen-bond acceptors (Lipinski definition) is 5. The van der Waals surface area contributed by atoms with Crippen LogP contribution in [0.3, 0.4) is 0 Å². The van der Waals surface area contributed by atoms with Crippen molar-refractivity contribution >= 4 is 11.6 Å². The molecule has 2 aromatic heterocycles. The molecule has 0 amide bonds. The van der Waals surface area contributed by atoms with Crippen LogP contribution in [0.15, 0.2) is 43.2 Å². The third-order valence-electron chi connectivity index (χ3n) is 3.54. The van der Waals surface area contributed by atoms with Gasteiger partial charge in [-0.1, -0.05) is 12.8 Å². The van der Waals surface area contributed by atoms with E-state index in [-0.39, 0.29) is 5.96 Å². The number of nitrogens with zero attached hydrogens (tertiary/aromatic N) is 5. The molecule has 0 aliphatic carbocycles. The Bertz CT molecular complexity index is 652. The summed E-state index contributed by atoms with van der Waals surface area (Å²) in [4.78, 5) is 13.2. The van der Waals surface area contributed by atoms with Crippen molar-refractivity contribution in [1.29, 1.82) is 10.7 Å². The lowest BCUT2D eigenvalue weighted by atomic mass is 10.1. The van der Waals surface area contributed by atoms with Crippen LogP contribution >= 0.6 is 0 Å². The quantitative estimate of drug-likeness (QED) is 0.254. The lowest BCUT2D eigenvalue weighted by Crippen LogP contribution is -2.38. The summed E-state index contributed by atoms with van der Waals surface area (Å²) in [6.45, 7) is 0.677. The monoisotopic (exact) mass is 323 g/mol. The van der Waals surface area contributed by atoms with E-state index in [0.717, 1.165) is 32.1 Å². The fourth-order valence-corrected chi connectivity index (χ4v) is 2.28. The van der Waals surface area contributed by atoms with Crippen LogP contribution in [0.25, 0.3) is 0 Å². The molecular weight excluding hydrogens is 302 g/mol. The second-order valence-electron chi connectivity index (χ2n) is 5.33. The number of anilines is 1. The summed E-state index contributed by atoms with van der Waals surface area (Å²) in [5.41, 5.74) is 1.80. The Morgan fingerprint density at radius 2 is 1.79 bits per heavy atom. The Labute approximate surface area is 141 Å². The van der Waals surface area contributed by atoms with E-state index in [2.05, 4.69) is 20.3 Å². The molecule has 7 heteroatoms. The van der Waals surface area contributed by atoms with E-state index in [9.17, 15) is 5.26 Å². The number of nitrogens with one attached hydrogen (secondary N) is 2. The van der Waals surface area contributed by atoms with Gasteiger partial charge in [-0.25, -0.2) is 14.9 Å². The largest absolute Gasteiger partial charge is 0.355 e. The van der Waals surface area contributed by atoms with Crippen LogP contribution in [0.2, 0.25) is 0 Å². The van der Waals surface area contributed by atoms with Gasteiger partial charge in [0, 0.05) is 31.3 Å². The average molecular weight is 323 g/mol. The number of nitriles is 1. The molecule has 7 nitrogen and oxygen atoms in total. The van der Waals surface area contributed by atoms with E-state index in [1.807, 2.05) is 18.6 Å². The van der Waals surface area contributed by atoms with E-state index in [1.165, 1.54) is 10.5 Å². The summed E-state index contributed by atoms with van der Waals surface area (Å²) in [6, 6.07) is 3.40. The van der Waals surface area contributed by atoms with Gasteiger partial charge in [0.05, 0.1) is 5.69 Å². The zero-order chi connectivity index (χ0) is 17.0. The van der Waals surface area contributed by atoms with Gasteiger partial charge in [-0.3, -0.25) is 10.4 Å². The lowest BCUT2D eigenvalue weighted by Gasteiger charge is -2.17. The Balaban J connectivity index is 1.60. The fraction of sp³-hybridized carbons (Fsp3) is 0.353. The first kappa shape index (κ1) is 17.3. The molecule has 2 aromatic rings. The van der Waals surface area contributed by atoms with Crippen molar-refractivity contribution in [3.05, 3.63) is 48.8 Å². The van der Waals surface area contributed by atoms with Crippen molar-refractivity contribution in [2.45, 2.75) is 32.1 Å². The van der Waals surface area contributed by atoms with Gasteiger partial charge in [0.25, 0.3) is 0 Å². The van der Waals surface area contributed by atoms with Gasteiger partial charge in [-0.15, -0.1) is 0 Å². The van der Waals surface area contributed by atoms with Crippen molar-refractivity contribution in [2.75, 3.05) is 11.4 Å². The molecule has 0 bridgehead atoms. The van der Waals surface area contributed by atoms with Gasteiger partial charge < -0.3 is 5.32 Å². The van der Waals surface area contributed by atoms with E-state index in [1.54, 1.807) is 30.9 Å². The smallest absolute Gasteiger partial charge is 0.209 e. The fourth-order valence-electron chi connectivity index (χ4n) is 2.28. The average Bonchev–Trinajstić information content (AvgIpc) is 2.63. The zero-order valence-corrected chi connectivity index (χ0v) is 13.5. The minimum absolute atomic E-state index is 0.0881. The van der Waals surface area contributed by atoms with Crippen molar-refractivity contribution in [1.82, 2.24) is 20.3 Å². The molecule has 0 saturated carbocycles. The maximum absolute atomic E-state index is 9.20. The van der Waals surface area contributed by atoms with E-state index in [0.29, 0.717) is 12.2 Å². The highest BCUT2D eigenvalue weighted by molar-refractivity contribution is 5.96. The van der Waals surface area contributed by atoms with Crippen LogP contribution in [0, 0.1) is 16.9 Å². The van der Waals surface area contributed by atoms with Gasteiger partial charge in [-0.05, 0) is 37.0 Å². The first-order valence-electron chi connectivity index (χ1n) is 7.97. The molecule has 0 unspecified atom stereocenters. The Morgan fingerprint density at radius 3 is 2.50 bits per heavy atom. The minimum Gasteiger partial charge on any atom is -0.355 e. The van der Waals surface area contributed by atoms with Gasteiger partial charge >= 0.3 is 0 Å². The Morgan fingerprint density at radius 1 is 1.08 bits per heavy atom. The van der Waals surface area contributed by atoms with Crippen LogP contribution in [0.5, 0.6) is 0 Å². The molecule has 0 fully saturated rings. The second kappa shape index (κ2) is 9.90. The maximum atomic E-state index is 9.20. The number of unbranched alkanes of at least 4 members (excludes halogenated alkanes) is 3. The summed E-state index contributed by atoms with van der Waals surface area (Å²) >= 11 is 0. The van der Waals surface area contributed by atoms with Gasteiger partial charge in [-0.2, -0.15) is 5.26 Å². The van der Waals surface area contributed by atoms with Crippen LogP contribution in [-0.2, 0) is 6.42 Å². The molecule has 0 radical (unpaired) electrons.